The van der Waals surface area contributed by atoms with Gasteiger partial charge in [-0.1, -0.05) is 20.8 Å². The maximum Gasteiger partial charge on any atom is 0.273 e. The lowest BCUT2D eigenvalue weighted by Gasteiger charge is -2.22. The summed E-state index contributed by atoms with van der Waals surface area (Å²) in [6.45, 7) is 8.65. The number of nitrogens with zero attached hydrogens (tertiary/aromatic N) is 2. The van der Waals surface area contributed by atoms with E-state index in [0.717, 1.165) is 30.9 Å². The summed E-state index contributed by atoms with van der Waals surface area (Å²) in [5.74, 6) is 0.629. The summed E-state index contributed by atoms with van der Waals surface area (Å²) >= 11 is 1.59. The number of thiazole rings is 1. The molecule has 1 aliphatic rings. The van der Waals surface area contributed by atoms with Crippen LogP contribution in [0.25, 0.3) is 0 Å². The van der Waals surface area contributed by atoms with E-state index < -0.39 is 0 Å². The molecule has 1 aromatic rings. The zero-order valence-corrected chi connectivity index (χ0v) is 12.8. The summed E-state index contributed by atoms with van der Waals surface area (Å²) < 4.78 is 0. The van der Waals surface area contributed by atoms with Gasteiger partial charge in [0, 0.05) is 24.9 Å². The number of aromatic nitrogens is 1. The molecule has 1 amide bonds. The lowest BCUT2D eigenvalue weighted by Crippen LogP contribution is -2.34. The largest absolute Gasteiger partial charge is 0.337 e. The minimum Gasteiger partial charge on any atom is -0.337 e. The van der Waals surface area contributed by atoms with Crippen LogP contribution in [0.5, 0.6) is 0 Å². The molecule has 1 saturated heterocycles. The standard InChI is InChI=1S/C14H23N3OS/c1-10(2)6-12-16-11(7-19-12)13(18)17-5-4-14(3,8-15)9-17/h7,10H,4-6,8-9,15H2,1-3H3. The zero-order chi connectivity index (χ0) is 14.0. The second-order valence-electron chi connectivity index (χ2n) is 6.22. The Morgan fingerprint density at radius 1 is 1.63 bits per heavy atom. The summed E-state index contributed by atoms with van der Waals surface area (Å²) in [6, 6.07) is 0. The molecule has 2 rings (SSSR count). The molecule has 1 aromatic heterocycles. The quantitative estimate of drug-likeness (QED) is 0.920. The SMILES string of the molecule is CC(C)Cc1nc(C(=O)N2CCC(C)(CN)C2)cs1. The summed E-state index contributed by atoms with van der Waals surface area (Å²) in [7, 11) is 0. The molecule has 2 heterocycles. The predicted molar refractivity (Wildman–Crippen MR) is 78.3 cm³/mol. The van der Waals surface area contributed by atoms with Gasteiger partial charge in [-0.3, -0.25) is 4.79 Å². The lowest BCUT2D eigenvalue weighted by molar-refractivity contribution is 0.0771. The number of hydrogen-bond donors (Lipinski definition) is 1. The number of rotatable bonds is 4. The van der Waals surface area contributed by atoms with Crippen LogP contribution >= 0.6 is 11.3 Å². The van der Waals surface area contributed by atoms with Crippen molar-refractivity contribution in [1.29, 1.82) is 0 Å². The molecule has 1 aliphatic heterocycles. The fraction of sp³-hybridized carbons (Fsp3) is 0.714. The molecule has 0 spiro atoms. The average Bonchev–Trinajstić information content (AvgIpc) is 2.95. The summed E-state index contributed by atoms with van der Waals surface area (Å²) in [6.07, 6.45) is 1.93. The van der Waals surface area contributed by atoms with Crippen LogP contribution in [0.2, 0.25) is 0 Å². The maximum absolute atomic E-state index is 12.4. The third kappa shape index (κ3) is 3.34. The van der Waals surface area contributed by atoms with E-state index in [1.807, 2.05) is 10.3 Å². The number of amides is 1. The summed E-state index contributed by atoms with van der Waals surface area (Å²) in [5.41, 5.74) is 6.45. The fourth-order valence-corrected chi connectivity index (χ4v) is 3.36. The Kier molecular flexibility index (Phi) is 4.26. The molecule has 2 N–H and O–H groups in total. The number of carbonyl (C=O) groups is 1. The van der Waals surface area contributed by atoms with Gasteiger partial charge in [0.2, 0.25) is 0 Å². The van der Waals surface area contributed by atoms with E-state index in [2.05, 4.69) is 25.8 Å². The van der Waals surface area contributed by atoms with Gasteiger partial charge in [-0.25, -0.2) is 4.98 Å². The highest BCUT2D eigenvalue weighted by molar-refractivity contribution is 7.09. The first kappa shape index (κ1) is 14.5. The van der Waals surface area contributed by atoms with Crippen molar-refractivity contribution in [3.05, 3.63) is 16.1 Å². The van der Waals surface area contributed by atoms with Crippen LogP contribution in [0.4, 0.5) is 0 Å². The van der Waals surface area contributed by atoms with E-state index in [-0.39, 0.29) is 11.3 Å². The van der Waals surface area contributed by atoms with Gasteiger partial charge in [0.1, 0.15) is 5.69 Å². The van der Waals surface area contributed by atoms with Crippen LogP contribution in [-0.2, 0) is 6.42 Å². The van der Waals surface area contributed by atoms with Gasteiger partial charge >= 0.3 is 0 Å². The molecule has 1 atom stereocenters. The molecule has 5 heteroatoms. The molecule has 0 radical (unpaired) electrons. The monoisotopic (exact) mass is 281 g/mol. The molecule has 0 aliphatic carbocycles. The van der Waals surface area contributed by atoms with Crippen molar-refractivity contribution < 1.29 is 4.79 Å². The molecule has 1 fully saturated rings. The number of hydrogen-bond acceptors (Lipinski definition) is 4. The zero-order valence-electron chi connectivity index (χ0n) is 12.0. The summed E-state index contributed by atoms with van der Waals surface area (Å²) in [4.78, 5) is 18.7. The maximum atomic E-state index is 12.4. The molecule has 19 heavy (non-hydrogen) atoms. The van der Waals surface area contributed by atoms with Gasteiger partial charge in [-0.05, 0) is 24.3 Å². The molecule has 0 aromatic carbocycles. The van der Waals surface area contributed by atoms with Gasteiger partial charge in [0.15, 0.2) is 0 Å². The van der Waals surface area contributed by atoms with Crippen molar-refractivity contribution >= 4 is 17.2 Å². The highest BCUT2D eigenvalue weighted by atomic mass is 32.1. The van der Waals surface area contributed by atoms with Gasteiger partial charge in [0.05, 0.1) is 5.01 Å². The third-order valence-corrected chi connectivity index (χ3v) is 4.56. The molecule has 1 unspecified atom stereocenters. The van der Waals surface area contributed by atoms with E-state index in [9.17, 15) is 4.79 Å². The van der Waals surface area contributed by atoms with E-state index >= 15 is 0 Å². The molecule has 0 saturated carbocycles. The highest BCUT2D eigenvalue weighted by Gasteiger charge is 2.35. The van der Waals surface area contributed by atoms with Crippen molar-refractivity contribution in [3.63, 3.8) is 0 Å². The van der Waals surface area contributed by atoms with E-state index in [0.29, 0.717) is 18.2 Å². The van der Waals surface area contributed by atoms with Crippen molar-refractivity contribution in [2.24, 2.45) is 17.1 Å². The van der Waals surface area contributed by atoms with Crippen LogP contribution < -0.4 is 5.73 Å². The van der Waals surface area contributed by atoms with Crippen LogP contribution in [-0.4, -0.2) is 35.4 Å². The Morgan fingerprint density at radius 3 is 2.95 bits per heavy atom. The van der Waals surface area contributed by atoms with E-state index in [1.165, 1.54) is 0 Å². The van der Waals surface area contributed by atoms with Crippen molar-refractivity contribution in [2.75, 3.05) is 19.6 Å². The van der Waals surface area contributed by atoms with Crippen LogP contribution in [0.15, 0.2) is 5.38 Å². The van der Waals surface area contributed by atoms with Crippen molar-refractivity contribution in [3.8, 4) is 0 Å². The Labute approximate surface area is 119 Å². The smallest absolute Gasteiger partial charge is 0.273 e. The third-order valence-electron chi connectivity index (χ3n) is 3.69. The van der Waals surface area contributed by atoms with E-state index in [1.54, 1.807) is 11.3 Å². The predicted octanol–water partition coefficient (Wildman–Crippen LogP) is 2.15. The first-order valence-electron chi connectivity index (χ1n) is 6.87. The minimum absolute atomic E-state index is 0.0587. The highest BCUT2D eigenvalue weighted by Crippen LogP contribution is 2.29. The Bertz CT molecular complexity index is 457. The minimum atomic E-state index is 0.0587. The average molecular weight is 281 g/mol. The number of likely N-dealkylation sites (tertiary alicyclic amines) is 1. The molecule has 0 bridgehead atoms. The molecule has 106 valence electrons. The second-order valence-corrected chi connectivity index (χ2v) is 7.16. The molecule has 4 nitrogen and oxygen atoms in total. The van der Waals surface area contributed by atoms with Gasteiger partial charge < -0.3 is 10.6 Å². The normalized spacial score (nSPS) is 23.3. The van der Waals surface area contributed by atoms with Gasteiger partial charge in [0.25, 0.3) is 5.91 Å². The van der Waals surface area contributed by atoms with Crippen molar-refractivity contribution in [2.45, 2.75) is 33.6 Å². The Balaban J connectivity index is 2.02. The van der Waals surface area contributed by atoms with E-state index in [4.69, 9.17) is 5.73 Å². The van der Waals surface area contributed by atoms with Crippen LogP contribution in [0, 0.1) is 11.3 Å². The second kappa shape index (κ2) is 5.59. The Morgan fingerprint density at radius 2 is 2.37 bits per heavy atom. The Hall–Kier alpha value is -0.940. The summed E-state index contributed by atoms with van der Waals surface area (Å²) in [5, 5.41) is 2.94. The topological polar surface area (TPSA) is 59.2 Å². The first-order chi connectivity index (χ1) is 8.93. The first-order valence-corrected chi connectivity index (χ1v) is 7.75. The number of carbonyl (C=O) groups excluding carboxylic acids is 1. The lowest BCUT2D eigenvalue weighted by atomic mass is 9.90. The fourth-order valence-electron chi connectivity index (χ4n) is 2.38. The molecular formula is C14H23N3OS. The van der Waals surface area contributed by atoms with Gasteiger partial charge in [-0.15, -0.1) is 11.3 Å². The molecular weight excluding hydrogens is 258 g/mol. The number of nitrogens with two attached hydrogens (primary N) is 1. The van der Waals surface area contributed by atoms with Crippen molar-refractivity contribution in [1.82, 2.24) is 9.88 Å². The van der Waals surface area contributed by atoms with Gasteiger partial charge in [-0.2, -0.15) is 0 Å². The van der Waals surface area contributed by atoms with Crippen LogP contribution in [0.3, 0.4) is 0 Å². The van der Waals surface area contributed by atoms with Crippen LogP contribution in [0.1, 0.15) is 42.7 Å².